The van der Waals surface area contributed by atoms with Crippen molar-refractivity contribution in [2.45, 2.75) is 0 Å². The Kier molecular flexibility index (Phi) is 5.69. The van der Waals surface area contributed by atoms with Gasteiger partial charge in [-0.1, -0.05) is 29.3 Å². The average Bonchev–Trinajstić information content (AvgIpc) is 3.13. The zero-order valence-electron chi connectivity index (χ0n) is 14.1. The van der Waals surface area contributed by atoms with Gasteiger partial charge in [0.05, 0.1) is 18.3 Å². The number of phenols is 1. The van der Waals surface area contributed by atoms with Gasteiger partial charge in [0.25, 0.3) is 0 Å². The second-order valence-corrected chi connectivity index (χ2v) is 6.23. The first kappa shape index (κ1) is 18.8. The topological polar surface area (TPSA) is 84.1 Å². The van der Waals surface area contributed by atoms with Crippen LogP contribution in [-0.4, -0.2) is 24.3 Å². The molecule has 2 N–H and O–H groups in total. The van der Waals surface area contributed by atoms with Gasteiger partial charge in [0.2, 0.25) is 0 Å². The number of phenolic OH excluding ortho intramolecular Hbond substituents is 1. The Morgan fingerprint density at radius 1 is 1.22 bits per heavy atom. The molecule has 0 fully saturated rings. The van der Waals surface area contributed by atoms with Crippen LogP contribution in [0, 0.1) is 0 Å². The molecule has 0 spiro atoms. The normalized spacial score (nSPS) is 10.9. The maximum atomic E-state index is 12.2. The van der Waals surface area contributed by atoms with Crippen molar-refractivity contribution in [2.75, 3.05) is 7.11 Å². The highest BCUT2D eigenvalue weighted by molar-refractivity contribution is 6.36. The number of methoxy groups -OCH3 is 1. The van der Waals surface area contributed by atoms with E-state index < -0.39 is 5.91 Å². The van der Waals surface area contributed by atoms with Gasteiger partial charge >= 0.3 is 5.91 Å². The summed E-state index contributed by atoms with van der Waals surface area (Å²) in [5.41, 5.74) is 3.34. The zero-order valence-corrected chi connectivity index (χ0v) is 15.6. The number of hydrazone groups is 1. The van der Waals surface area contributed by atoms with Crippen LogP contribution in [0.25, 0.3) is 11.3 Å². The van der Waals surface area contributed by atoms with Crippen LogP contribution in [0.2, 0.25) is 10.0 Å². The van der Waals surface area contributed by atoms with Crippen LogP contribution in [0.3, 0.4) is 0 Å². The van der Waals surface area contributed by atoms with E-state index >= 15 is 0 Å². The molecule has 3 aromatic rings. The van der Waals surface area contributed by atoms with Crippen molar-refractivity contribution in [3.05, 3.63) is 69.9 Å². The first-order valence-corrected chi connectivity index (χ1v) is 8.50. The maximum Gasteiger partial charge on any atom is 0.307 e. The first-order chi connectivity index (χ1) is 13.0. The number of benzene rings is 2. The lowest BCUT2D eigenvalue weighted by atomic mass is 10.2. The van der Waals surface area contributed by atoms with Crippen molar-refractivity contribution in [3.8, 4) is 22.8 Å². The van der Waals surface area contributed by atoms with Gasteiger partial charge in [-0.15, -0.1) is 0 Å². The van der Waals surface area contributed by atoms with Crippen LogP contribution >= 0.6 is 23.2 Å². The van der Waals surface area contributed by atoms with Crippen LogP contribution in [0.15, 0.2) is 58.0 Å². The lowest BCUT2D eigenvalue weighted by Gasteiger charge is -2.04. The second kappa shape index (κ2) is 8.16. The fraction of sp³-hybridized carbons (Fsp3) is 0.0526. The molecule has 1 heterocycles. The number of aromatic hydroxyl groups is 1. The maximum absolute atomic E-state index is 12.2. The van der Waals surface area contributed by atoms with Gasteiger partial charge in [-0.3, -0.25) is 4.79 Å². The molecule has 1 aromatic heterocycles. The quantitative estimate of drug-likeness (QED) is 0.475. The lowest BCUT2D eigenvalue weighted by molar-refractivity contribution is 0.0928. The van der Waals surface area contributed by atoms with E-state index in [-0.39, 0.29) is 11.5 Å². The van der Waals surface area contributed by atoms with E-state index in [4.69, 9.17) is 32.4 Å². The molecule has 0 radical (unpaired) electrons. The van der Waals surface area contributed by atoms with Gasteiger partial charge in [-0.05, 0) is 42.5 Å². The van der Waals surface area contributed by atoms with E-state index in [0.717, 1.165) is 0 Å². The summed E-state index contributed by atoms with van der Waals surface area (Å²) in [5.74, 6) is 0.167. The highest BCUT2D eigenvalue weighted by Crippen LogP contribution is 2.31. The van der Waals surface area contributed by atoms with E-state index in [1.807, 2.05) is 0 Å². The van der Waals surface area contributed by atoms with Gasteiger partial charge in [-0.2, -0.15) is 5.10 Å². The number of furan rings is 1. The van der Waals surface area contributed by atoms with Gasteiger partial charge in [0, 0.05) is 16.1 Å². The molecule has 0 atom stereocenters. The molecule has 0 saturated carbocycles. The minimum absolute atomic E-state index is 0.0584. The third-order valence-electron chi connectivity index (χ3n) is 3.65. The number of amides is 1. The number of para-hydroxylation sites is 1. The van der Waals surface area contributed by atoms with Crippen molar-refractivity contribution in [2.24, 2.45) is 5.10 Å². The third-order valence-corrected chi connectivity index (χ3v) is 4.19. The average molecular weight is 405 g/mol. The molecular weight excluding hydrogens is 391 g/mol. The minimum atomic E-state index is -0.551. The molecule has 1 amide bonds. The summed E-state index contributed by atoms with van der Waals surface area (Å²) in [6.45, 7) is 0. The lowest BCUT2D eigenvalue weighted by Crippen LogP contribution is -2.16. The Morgan fingerprint density at radius 2 is 2.04 bits per heavy atom. The molecule has 27 heavy (non-hydrogen) atoms. The largest absolute Gasteiger partial charge is 0.504 e. The van der Waals surface area contributed by atoms with Crippen molar-refractivity contribution in [1.29, 1.82) is 0 Å². The molecule has 0 unspecified atom stereocenters. The molecule has 6 nitrogen and oxygen atoms in total. The minimum Gasteiger partial charge on any atom is -0.504 e. The Bertz CT molecular complexity index is 1010. The summed E-state index contributed by atoms with van der Waals surface area (Å²) in [4.78, 5) is 12.2. The summed E-state index contributed by atoms with van der Waals surface area (Å²) in [5, 5.41) is 14.7. The van der Waals surface area contributed by atoms with Crippen LogP contribution in [-0.2, 0) is 0 Å². The van der Waals surface area contributed by atoms with E-state index in [1.165, 1.54) is 19.4 Å². The van der Waals surface area contributed by atoms with Crippen LogP contribution in [0.1, 0.15) is 16.1 Å². The van der Waals surface area contributed by atoms with Crippen molar-refractivity contribution >= 4 is 35.3 Å². The molecule has 0 bridgehead atoms. The van der Waals surface area contributed by atoms with Crippen LogP contribution < -0.4 is 10.2 Å². The summed E-state index contributed by atoms with van der Waals surface area (Å²) >= 11 is 12.0. The number of hydrogen-bond donors (Lipinski definition) is 2. The fourth-order valence-electron chi connectivity index (χ4n) is 2.32. The summed E-state index contributed by atoms with van der Waals surface area (Å²) < 4.78 is 10.5. The van der Waals surface area contributed by atoms with Crippen molar-refractivity contribution < 1.29 is 19.1 Å². The molecule has 8 heteroatoms. The summed E-state index contributed by atoms with van der Waals surface area (Å²) in [6.07, 6.45) is 1.30. The third kappa shape index (κ3) is 4.24. The van der Waals surface area contributed by atoms with Gasteiger partial charge < -0.3 is 14.3 Å². The molecule has 0 saturated heterocycles. The Hall–Kier alpha value is -2.96. The zero-order chi connectivity index (χ0) is 19.4. The monoisotopic (exact) mass is 404 g/mol. The molecule has 138 valence electrons. The number of carbonyl (C=O) groups excluding carboxylic acids is 1. The smallest absolute Gasteiger partial charge is 0.307 e. The van der Waals surface area contributed by atoms with Gasteiger partial charge in [-0.25, -0.2) is 5.43 Å². The number of carbonyl (C=O) groups is 1. The predicted octanol–water partition coefficient (Wildman–Crippen LogP) is 4.73. The molecule has 0 aliphatic heterocycles. The van der Waals surface area contributed by atoms with Crippen molar-refractivity contribution in [1.82, 2.24) is 5.43 Å². The number of halogens is 2. The number of nitrogens with one attached hydrogen (secondary N) is 1. The van der Waals surface area contributed by atoms with E-state index in [0.29, 0.717) is 32.7 Å². The Morgan fingerprint density at radius 3 is 2.78 bits per heavy atom. The van der Waals surface area contributed by atoms with E-state index in [9.17, 15) is 9.90 Å². The molecule has 2 aromatic carbocycles. The molecule has 3 rings (SSSR count). The SMILES string of the molecule is COc1cccc(/C=N\NC(=O)c2ccc(-c3ccc(Cl)cc3Cl)o2)c1O. The number of rotatable bonds is 5. The molecule has 0 aliphatic rings. The van der Waals surface area contributed by atoms with Crippen LogP contribution in [0.4, 0.5) is 0 Å². The summed E-state index contributed by atoms with van der Waals surface area (Å²) in [6, 6.07) is 13.0. The number of nitrogens with zero attached hydrogens (tertiary/aromatic N) is 1. The Balaban J connectivity index is 1.71. The van der Waals surface area contributed by atoms with Crippen molar-refractivity contribution in [3.63, 3.8) is 0 Å². The fourth-order valence-corrected chi connectivity index (χ4v) is 2.82. The van der Waals surface area contributed by atoms with Gasteiger partial charge in [0.1, 0.15) is 5.76 Å². The highest BCUT2D eigenvalue weighted by atomic mass is 35.5. The second-order valence-electron chi connectivity index (χ2n) is 5.39. The first-order valence-electron chi connectivity index (χ1n) is 7.74. The molecule has 0 aliphatic carbocycles. The standard InChI is InChI=1S/C19H14Cl2N2O4/c1-26-16-4-2-3-11(18(16)24)10-22-23-19(25)17-8-7-15(27-17)13-6-5-12(20)9-14(13)21/h2-10,24H,1H3,(H,23,25)/b22-10-. The number of hydrogen-bond acceptors (Lipinski definition) is 5. The van der Waals surface area contributed by atoms with Gasteiger partial charge in [0.15, 0.2) is 17.3 Å². The van der Waals surface area contributed by atoms with E-state index in [2.05, 4.69) is 10.5 Å². The molecular formula is C19H14Cl2N2O4. The number of ether oxygens (including phenoxy) is 1. The Labute approximate surface area is 165 Å². The van der Waals surface area contributed by atoms with Crippen LogP contribution in [0.5, 0.6) is 11.5 Å². The predicted molar refractivity (Wildman–Crippen MR) is 104 cm³/mol. The highest BCUT2D eigenvalue weighted by Gasteiger charge is 2.14. The summed E-state index contributed by atoms with van der Waals surface area (Å²) in [7, 11) is 1.44. The van der Waals surface area contributed by atoms with E-state index in [1.54, 1.807) is 42.5 Å².